The van der Waals surface area contributed by atoms with Gasteiger partial charge in [-0.2, -0.15) is 0 Å². The fourth-order valence-electron chi connectivity index (χ4n) is 4.12. The van der Waals surface area contributed by atoms with Gasteiger partial charge in [-0.25, -0.2) is 0 Å². The van der Waals surface area contributed by atoms with Gasteiger partial charge in [-0.1, -0.05) is 48.4 Å². The number of hydrogen-bond donors (Lipinski definition) is 0. The summed E-state index contributed by atoms with van der Waals surface area (Å²) in [4.78, 5) is 14.7. The van der Waals surface area contributed by atoms with Crippen molar-refractivity contribution < 1.29 is 14.3 Å². The Balaban J connectivity index is 2.01. The number of carbonyl (C=O) groups excluding carboxylic acids is 1. The van der Waals surface area contributed by atoms with E-state index in [1.165, 1.54) is 0 Å². The molecule has 3 aromatic rings. The SMILES string of the molecule is C#CCN1C(=O)CC(c2cccc(OC)c2OC)c2c1ccc1ccccc21. The van der Waals surface area contributed by atoms with E-state index in [9.17, 15) is 4.79 Å². The first-order valence-electron chi connectivity index (χ1n) is 9.16. The zero-order valence-corrected chi connectivity index (χ0v) is 15.9. The summed E-state index contributed by atoms with van der Waals surface area (Å²) in [7, 11) is 3.24. The number of amides is 1. The van der Waals surface area contributed by atoms with Crippen molar-refractivity contribution in [3.63, 3.8) is 0 Å². The van der Waals surface area contributed by atoms with Crippen LogP contribution in [-0.2, 0) is 4.79 Å². The zero-order valence-electron chi connectivity index (χ0n) is 15.9. The van der Waals surface area contributed by atoms with Crippen LogP contribution in [0.2, 0.25) is 0 Å². The van der Waals surface area contributed by atoms with Gasteiger partial charge in [0.15, 0.2) is 11.5 Å². The van der Waals surface area contributed by atoms with Gasteiger partial charge in [0.05, 0.1) is 20.8 Å². The highest BCUT2D eigenvalue weighted by molar-refractivity contribution is 6.03. The number of rotatable bonds is 4. The highest BCUT2D eigenvalue weighted by Crippen LogP contribution is 2.47. The third kappa shape index (κ3) is 2.76. The molecule has 1 unspecified atom stereocenters. The summed E-state index contributed by atoms with van der Waals surface area (Å²) in [6.45, 7) is 0.256. The molecule has 0 bridgehead atoms. The van der Waals surface area contributed by atoms with Crippen LogP contribution in [0.4, 0.5) is 5.69 Å². The molecule has 1 amide bonds. The molecule has 0 saturated carbocycles. The zero-order chi connectivity index (χ0) is 19.7. The molecule has 0 aliphatic carbocycles. The van der Waals surface area contributed by atoms with Gasteiger partial charge in [0.2, 0.25) is 5.91 Å². The molecule has 4 nitrogen and oxygen atoms in total. The van der Waals surface area contributed by atoms with E-state index in [-0.39, 0.29) is 18.4 Å². The van der Waals surface area contributed by atoms with Crippen molar-refractivity contribution >= 4 is 22.4 Å². The van der Waals surface area contributed by atoms with Gasteiger partial charge in [0, 0.05) is 23.6 Å². The van der Waals surface area contributed by atoms with Crippen LogP contribution in [0.1, 0.15) is 23.5 Å². The third-order valence-corrected chi connectivity index (χ3v) is 5.32. The second kappa shape index (κ2) is 7.28. The first kappa shape index (κ1) is 17.9. The predicted molar refractivity (Wildman–Crippen MR) is 111 cm³/mol. The Bertz CT molecular complexity index is 1100. The van der Waals surface area contributed by atoms with Gasteiger partial charge >= 0.3 is 0 Å². The number of hydrogen-bond acceptors (Lipinski definition) is 3. The number of carbonyl (C=O) groups is 1. The van der Waals surface area contributed by atoms with E-state index in [4.69, 9.17) is 15.9 Å². The predicted octanol–water partition coefficient (Wildman–Crippen LogP) is 4.36. The summed E-state index contributed by atoms with van der Waals surface area (Å²) in [6.07, 6.45) is 5.87. The highest BCUT2D eigenvalue weighted by atomic mass is 16.5. The van der Waals surface area contributed by atoms with E-state index < -0.39 is 0 Å². The molecule has 0 saturated heterocycles. The first-order valence-corrected chi connectivity index (χ1v) is 9.16. The molecule has 1 aliphatic rings. The van der Waals surface area contributed by atoms with Gasteiger partial charge in [-0.3, -0.25) is 4.79 Å². The molecule has 0 radical (unpaired) electrons. The number of benzene rings is 3. The van der Waals surface area contributed by atoms with Crippen LogP contribution in [0.15, 0.2) is 54.6 Å². The number of fused-ring (bicyclic) bond motifs is 3. The van der Waals surface area contributed by atoms with Crippen LogP contribution in [0.3, 0.4) is 0 Å². The topological polar surface area (TPSA) is 38.8 Å². The summed E-state index contributed by atoms with van der Waals surface area (Å²) in [5.41, 5.74) is 2.90. The van der Waals surface area contributed by atoms with Crippen molar-refractivity contribution in [2.24, 2.45) is 0 Å². The van der Waals surface area contributed by atoms with Gasteiger partial charge in [-0.05, 0) is 28.5 Å². The summed E-state index contributed by atoms with van der Waals surface area (Å²) in [6, 6.07) is 18.0. The Labute approximate surface area is 164 Å². The summed E-state index contributed by atoms with van der Waals surface area (Å²) in [5.74, 6) is 3.79. The van der Waals surface area contributed by atoms with Crippen LogP contribution in [-0.4, -0.2) is 26.7 Å². The Hall–Kier alpha value is -3.45. The molecule has 4 rings (SSSR count). The van der Waals surface area contributed by atoms with Crippen molar-refractivity contribution in [3.8, 4) is 23.8 Å². The lowest BCUT2D eigenvalue weighted by atomic mass is 9.80. The minimum Gasteiger partial charge on any atom is -0.493 e. The Morgan fingerprint density at radius 3 is 2.64 bits per heavy atom. The van der Waals surface area contributed by atoms with Crippen molar-refractivity contribution in [2.45, 2.75) is 12.3 Å². The average molecular weight is 371 g/mol. The maximum absolute atomic E-state index is 13.0. The van der Waals surface area contributed by atoms with E-state index >= 15 is 0 Å². The number of anilines is 1. The van der Waals surface area contributed by atoms with Crippen LogP contribution in [0, 0.1) is 12.3 Å². The van der Waals surface area contributed by atoms with Crippen molar-refractivity contribution in [2.75, 3.05) is 25.7 Å². The lowest BCUT2D eigenvalue weighted by Crippen LogP contribution is -2.37. The fraction of sp³-hybridized carbons (Fsp3) is 0.208. The number of methoxy groups -OCH3 is 2. The molecule has 0 N–H and O–H groups in total. The second-order valence-corrected chi connectivity index (χ2v) is 6.74. The molecule has 1 heterocycles. The highest BCUT2D eigenvalue weighted by Gasteiger charge is 2.35. The molecule has 4 heteroatoms. The quantitative estimate of drug-likeness (QED) is 0.640. The third-order valence-electron chi connectivity index (χ3n) is 5.32. The minimum atomic E-state index is -0.146. The molecule has 0 spiro atoms. The fourth-order valence-corrected chi connectivity index (χ4v) is 4.12. The van der Waals surface area contributed by atoms with Crippen LogP contribution >= 0.6 is 0 Å². The van der Waals surface area contributed by atoms with Crippen molar-refractivity contribution in [1.29, 1.82) is 0 Å². The number of terminal acetylenes is 1. The Morgan fingerprint density at radius 2 is 1.89 bits per heavy atom. The van der Waals surface area contributed by atoms with E-state index in [0.717, 1.165) is 27.6 Å². The summed E-state index contributed by atoms with van der Waals surface area (Å²) < 4.78 is 11.2. The minimum absolute atomic E-state index is 0.00982. The summed E-state index contributed by atoms with van der Waals surface area (Å²) in [5, 5.41) is 2.24. The van der Waals surface area contributed by atoms with Crippen molar-refractivity contribution in [1.82, 2.24) is 0 Å². The van der Waals surface area contributed by atoms with Crippen molar-refractivity contribution in [3.05, 3.63) is 65.7 Å². The molecule has 28 heavy (non-hydrogen) atoms. The monoisotopic (exact) mass is 371 g/mol. The maximum Gasteiger partial charge on any atom is 0.228 e. The number of para-hydroxylation sites is 1. The number of ether oxygens (including phenoxy) is 2. The molecule has 3 aromatic carbocycles. The van der Waals surface area contributed by atoms with Gasteiger partial charge in [0.25, 0.3) is 0 Å². The first-order chi connectivity index (χ1) is 13.7. The normalized spacial score (nSPS) is 15.8. The van der Waals surface area contributed by atoms with Gasteiger partial charge in [0.1, 0.15) is 0 Å². The lowest BCUT2D eigenvalue weighted by Gasteiger charge is -2.35. The Kier molecular flexibility index (Phi) is 4.67. The van der Waals surface area contributed by atoms with Gasteiger partial charge < -0.3 is 14.4 Å². The number of nitrogens with zero attached hydrogens (tertiary/aromatic N) is 1. The maximum atomic E-state index is 13.0. The molecule has 1 atom stereocenters. The molecule has 1 aliphatic heterocycles. The van der Waals surface area contributed by atoms with E-state index in [1.54, 1.807) is 19.1 Å². The molecular weight excluding hydrogens is 350 g/mol. The summed E-state index contributed by atoms with van der Waals surface area (Å²) >= 11 is 0. The molecular formula is C24H21NO3. The van der Waals surface area contributed by atoms with Crippen LogP contribution in [0.5, 0.6) is 11.5 Å². The van der Waals surface area contributed by atoms with Crippen LogP contribution in [0.25, 0.3) is 10.8 Å². The van der Waals surface area contributed by atoms with Crippen LogP contribution < -0.4 is 14.4 Å². The lowest BCUT2D eigenvalue weighted by molar-refractivity contribution is -0.119. The molecule has 140 valence electrons. The van der Waals surface area contributed by atoms with E-state index in [0.29, 0.717) is 17.9 Å². The van der Waals surface area contributed by atoms with Gasteiger partial charge in [-0.15, -0.1) is 6.42 Å². The smallest absolute Gasteiger partial charge is 0.228 e. The molecule has 0 fully saturated rings. The average Bonchev–Trinajstić information content (AvgIpc) is 2.74. The Morgan fingerprint density at radius 1 is 1.07 bits per heavy atom. The second-order valence-electron chi connectivity index (χ2n) is 6.74. The largest absolute Gasteiger partial charge is 0.493 e. The van der Waals surface area contributed by atoms with E-state index in [2.05, 4.69) is 18.1 Å². The standard InChI is InChI=1S/C24H21NO3/c1-4-14-25-20-13-12-16-8-5-6-9-17(16)23(20)19(15-22(25)26)18-10-7-11-21(27-2)24(18)28-3/h1,5-13,19H,14-15H2,2-3H3. The molecule has 0 aromatic heterocycles. The van der Waals surface area contributed by atoms with E-state index in [1.807, 2.05) is 42.5 Å².